The molecule has 3 unspecified atom stereocenters. The summed E-state index contributed by atoms with van der Waals surface area (Å²) in [6, 6.07) is 7.84. The highest BCUT2D eigenvalue weighted by atomic mass is 19.4. The standard InChI is InChI=1S/C29H31F3N2O4/c1-16-15-28(37)21-14-18-8-9-20(35)25-23(18)27(28,11-12-33(21)2)26(38-25)24(16)34(3)22(36)10-7-17-5-4-6-19(13-17)29(30,31)32/h4-10,13,16,21,24,26,35,37H,11-12,14-15H2,1-3H3/b10-7+/t16?,21-,24?,26?,27+,28-/m1/s1. The number of halogens is 3. The third-order valence-electron chi connectivity index (χ3n) is 9.48. The number of aliphatic hydroxyl groups is 1. The van der Waals surface area contributed by atoms with Gasteiger partial charge in [0.2, 0.25) is 5.91 Å². The first kappa shape index (κ1) is 25.2. The third kappa shape index (κ3) is 3.30. The van der Waals surface area contributed by atoms with Crippen LogP contribution in [0.3, 0.4) is 0 Å². The van der Waals surface area contributed by atoms with E-state index in [9.17, 15) is 28.2 Å². The van der Waals surface area contributed by atoms with Crippen LogP contribution in [0.15, 0.2) is 42.5 Å². The van der Waals surface area contributed by atoms with Crippen molar-refractivity contribution in [3.05, 3.63) is 64.7 Å². The first-order valence-electron chi connectivity index (χ1n) is 13.0. The number of piperidine rings is 1. The topological polar surface area (TPSA) is 73.2 Å². The van der Waals surface area contributed by atoms with Crippen molar-refractivity contribution in [2.24, 2.45) is 5.92 Å². The maximum absolute atomic E-state index is 13.4. The number of nitrogens with zero attached hydrogens (tertiary/aromatic N) is 2. The lowest BCUT2D eigenvalue weighted by atomic mass is 9.47. The maximum atomic E-state index is 13.4. The molecule has 2 fully saturated rings. The maximum Gasteiger partial charge on any atom is 0.416 e. The lowest BCUT2D eigenvalue weighted by molar-refractivity contribution is -0.208. The Hall–Kier alpha value is -3.04. The highest BCUT2D eigenvalue weighted by Crippen LogP contribution is 2.66. The molecule has 2 aliphatic carbocycles. The molecule has 2 bridgehead atoms. The number of carbonyl (C=O) groups excluding carboxylic acids is 1. The lowest BCUT2D eigenvalue weighted by Crippen LogP contribution is -2.79. The summed E-state index contributed by atoms with van der Waals surface area (Å²) in [5.41, 5.74) is -0.454. The van der Waals surface area contributed by atoms with Gasteiger partial charge < -0.3 is 24.7 Å². The van der Waals surface area contributed by atoms with Crippen LogP contribution in [0.5, 0.6) is 11.5 Å². The fraction of sp³-hybridized carbons (Fsp3) is 0.483. The zero-order valence-electron chi connectivity index (χ0n) is 21.5. The van der Waals surface area contributed by atoms with Gasteiger partial charge in [-0.2, -0.15) is 13.2 Å². The number of rotatable bonds is 3. The first-order chi connectivity index (χ1) is 17.9. The van der Waals surface area contributed by atoms with Crippen molar-refractivity contribution in [1.82, 2.24) is 9.80 Å². The molecule has 1 saturated carbocycles. The summed E-state index contributed by atoms with van der Waals surface area (Å²) < 4.78 is 45.9. The van der Waals surface area contributed by atoms with Crippen LogP contribution in [-0.2, 0) is 22.8 Å². The summed E-state index contributed by atoms with van der Waals surface area (Å²) in [7, 11) is 3.70. The average molecular weight is 529 g/mol. The Bertz CT molecular complexity index is 1340. The molecular weight excluding hydrogens is 497 g/mol. The van der Waals surface area contributed by atoms with Crippen LogP contribution in [0.1, 0.15) is 42.0 Å². The van der Waals surface area contributed by atoms with Gasteiger partial charge in [-0.25, -0.2) is 0 Å². The first-order valence-corrected chi connectivity index (χ1v) is 13.0. The molecule has 1 amide bonds. The number of phenols is 1. The number of likely N-dealkylation sites (N-methyl/N-ethyl adjacent to an activating group) is 2. The van der Waals surface area contributed by atoms with E-state index in [4.69, 9.17) is 4.74 Å². The smallest absolute Gasteiger partial charge is 0.416 e. The second kappa shape index (κ2) is 8.23. The van der Waals surface area contributed by atoms with Crippen molar-refractivity contribution in [1.29, 1.82) is 0 Å². The van der Waals surface area contributed by atoms with E-state index in [-0.39, 0.29) is 29.2 Å². The van der Waals surface area contributed by atoms with Gasteiger partial charge in [0.1, 0.15) is 6.10 Å². The molecule has 2 aliphatic heterocycles. The predicted molar refractivity (Wildman–Crippen MR) is 135 cm³/mol. The normalized spacial score (nSPS) is 33.7. The molecule has 0 radical (unpaired) electrons. The minimum atomic E-state index is -4.47. The Kier molecular flexibility index (Phi) is 5.47. The highest BCUT2D eigenvalue weighted by Gasteiger charge is 2.74. The van der Waals surface area contributed by atoms with E-state index in [0.29, 0.717) is 25.0 Å². The van der Waals surface area contributed by atoms with Crippen molar-refractivity contribution >= 4 is 12.0 Å². The van der Waals surface area contributed by atoms with Gasteiger partial charge in [0.05, 0.1) is 22.6 Å². The van der Waals surface area contributed by atoms with Gasteiger partial charge in [0.15, 0.2) is 11.5 Å². The van der Waals surface area contributed by atoms with Crippen LogP contribution < -0.4 is 4.74 Å². The zero-order chi connectivity index (χ0) is 27.2. The monoisotopic (exact) mass is 528 g/mol. The second-order valence-corrected chi connectivity index (χ2v) is 11.4. The predicted octanol–water partition coefficient (Wildman–Crippen LogP) is 3.98. The van der Waals surface area contributed by atoms with Gasteiger partial charge in [0, 0.05) is 24.7 Å². The number of hydrogen-bond acceptors (Lipinski definition) is 5. The van der Waals surface area contributed by atoms with Crippen LogP contribution in [0.2, 0.25) is 0 Å². The van der Waals surface area contributed by atoms with Crippen LogP contribution >= 0.6 is 0 Å². The van der Waals surface area contributed by atoms with E-state index in [1.54, 1.807) is 18.0 Å². The Morgan fingerprint density at radius 1 is 1.26 bits per heavy atom. The number of phenolic OH excluding ortho intramolecular Hbond substituents is 1. The number of benzene rings is 2. The molecule has 6 rings (SSSR count). The number of likely N-dealkylation sites (tertiary alicyclic amines) is 1. The summed E-state index contributed by atoms with van der Waals surface area (Å²) in [5, 5.41) is 23.2. The quantitative estimate of drug-likeness (QED) is 0.590. The summed E-state index contributed by atoms with van der Waals surface area (Å²) in [6.07, 6.45) is -0.652. The number of hydrogen-bond donors (Lipinski definition) is 2. The van der Waals surface area contributed by atoms with Crippen LogP contribution in [0.4, 0.5) is 13.2 Å². The van der Waals surface area contributed by atoms with Crippen LogP contribution in [0, 0.1) is 5.92 Å². The molecule has 4 aliphatic rings. The largest absolute Gasteiger partial charge is 0.504 e. The number of aromatic hydroxyl groups is 1. The van der Waals surface area contributed by atoms with Gasteiger partial charge in [-0.05, 0) is 74.2 Å². The van der Waals surface area contributed by atoms with Crippen molar-refractivity contribution in [3.8, 4) is 11.5 Å². The molecule has 6 atom stereocenters. The highest BCUT2D eigenvalue weighted by molar-refractivity contribution is 5.92. The SMILES string of the molecule is CC1C[C@@]2(O)[C@H]3Cc4ccc(O)c5c4[C@@]2(CCN3C)C(O5)C1N(C)C(=O)/C=C/c1cccc(C(F)(F)F)c1. The Morgan fingerprint density at radius 3 is 2.76 bits per heavy atom. The molecule has 6 nitrogen and oxygen atoms in total. The average Bonchev–Trinajstić information content (AvgIpc) is 3.20. The molecule has 202 valence electrons. The number of alkyl halides is 3. The Morgan fingerprint density at radius 2 is 2.03 bits per heavy atom. The summed E-state index contributed by atoms with van der Waals surface area (Å²) in [5.74, 6) is -0.0862. The van der Waals surface area contributed by atoms with Gasteiger partial charge in [-0.1, -0.05) is 25.1 Å². The van der Waals surface area contributed by atoms with Gasteiger partial charge in [0.25, 0.3) is 0 Å². The van der Waals surface area contributed by atoms with Crippen LogP contribution in [0.25, 0.3) is 6.08 Å². The Labute approximate surface area is 219 Å². The molecular formula is C29H31F3N2O4. The van der Waals surface area contributed by atoms with Gasteiger partial charge in [-0.15, -0.1) is 0 Å². The molecule has 2 aromatic rings. The lowest BCUT2D eigenvalue weighted by Gasteiger charge is -2.65. The molecule has 2 heterocycles. The van der Waals surface area contributed by atoms with E-state index in [2.05, 4.69) is 4.90 Å². The Balaban J connectivity index is 1.36. The fourth-order valence-electron chi connectivity index (χ4n) is 7.84. The van der Waals surface area contributed by atoms with Crippen molar-refractivity contribution in [2.75, 3.05) is 20.6 Å². The van der Waals surface area contributed by atoms with Crippen LogP contribution in [-0.4, -0.2) is 70.3 Å². The minimum absolute atomic E-state index is 0.0251. The number of amides is 1. The van der Waals surface area contributed by atoms with E-state index in [1.807, 2.05) is 20.0 Å². The molecule has 38 heavy (non-hydrogen) atoms. The third-order valence-corrected chi connectivity index (χ3v) is 9.48. The summed E-state index contributed by atoms with van der Waals surface area (Å²) >= 11 is 0. The fourth-order valence-corrected chi connectivity index (χ4v) is 7.84. The number of carbonyl (C=O) groups is 1. The van der Waals surface area contributed by atoms with Crippen molar-refractivity contribution in [3.63, 3.8) is 0 Å². The summed E-state index contributed by atoms with van der Waals surface area (Å²) in [6.45, 7) is 2.74. The molecule has 2 aromatic carbocycles. The van der Waals surface area contributed by atoms with E-state index >= 15 is 0 Å². The molecule has 0 aromatic heterocycles. The summed E-state index contributed by atoms with van der Waals surface area (Å²) in [4.78, 5) is 17.2. The van der Waals surface area contributed by atoms with E-state index in [1.165, 1.54) is 24.3 Å². The molecule has 1 saturated heterocycles. The van der Waals surface area contributed by atoms with E-state index < -0.39 is 34.9 Å². The zero-order valence-corrected chi connectivity index (χ0v) is 21.5. The van der Waals surface area contributed by atoms with Gasteiger partial charge in [-0.3, -0.25) is 4.79 Å². The van der Waals surface area contributed by atoms with Crippen molar-refractivity contribution in [2.45, 2.75) is 61.6 Å². The van der Waals surface area contributed by atoms with E-state index in [0.717, 1.165) is 29.8 Å². The second-order valence-electron chi connectivity index (χ2n) is 11.4. The number of ether oxygens (including phenoxy) is 1. The van der Waals surface area contributed by atoms with Crippen molar-refractivity contribution < 1.29 is 32.9 Å². The molecule has 1 spiro atoms. The molecule has 2 N–H and O–H groups in total. The molecule has 9 heteroatoms. The minimum Gasteiger partial charge on any atom is -0.504 e. The van der Waals surface area contributed by atoms with Gasteiger partial charge >= 0.3 is 6.18 Å².